The summed E-state index contributed by atoms with van der Waals surface area (Å²) in [5, 5.41) is 0. The van der Waals surface area contributed by atoms with E-state index in [2.05, 4.69) is 4.98 Å². The van der Waals surface area contributed by atoms with E-state index in [9.17, 15) is 9.59 Å². The molecule has 1 aromatic rings. The lowest BCUT2D eigenvalue weighted by Gasteiger charge is -2.32. The summed E-state index contributed by atoms with van der Waals surface area (Å²) in [6.07, 6.45) is 8.38. The van der Waals surface area contributed by atoms with Crippen LogP contribution >= 0.6 is 11.8 Å². The molecule has 0 aromatic carbocycles. The summed E-state index contributed by atoms with van der Waals surface area (Å²) in [6, 6.07) is 3.44. The molecule has 1 aromatic heterocycles. The van der Waals surface area contributed by atoms with Crippen LogP contribution in [0.1, 0.15) is 18.4 Å². The van der Waals surface area contributed by atoms with Crippen molar-refractivity contribution in [1.82, 2.24) is 14.8 Å². The van der Waals surface area contributed by atoms with Gasteiger partial charge in [0.15, 0.2) is 0 Å². The number of nitrogens with zero attached hydrogens (tertiary/aromatic N) is 3. The largest absolute Gasteiger partial charge is 0.339 e. The molecule has 1 unspecified atom stereocenters. The molecule has 2 aliphatic rings. The smallest absolute Gasteiger partial charge is 0.247 e. The molecule has 0 aliphatic carbocycles. The van der Waals surface area contributed by atoms with Crippen LogP contribution in [0, 0.1) is 0 Å². The molecule has 23 heavy (non-hydrogen) atoms. The van der Waals surface area contributed by atoms with Gasteiger partial charge in [0.05, 0.1) is 0 Å². The molecular weight excluding hydrogens is 310 g/mol. The van der Waals surface area contributed by atoms with Crippen molar-refractivity contribution in [1.29, 1.82) is 0 Å². The van der Waals surface area contributed by atoms with Crippen LogP contribution in [0.5, 0.6) is 0 Å². The zero-order valence-electron chi connectivity index (χ0n) is 13.1. The predicted octanol–water partition coefficient (Wildman–Crippen LogP) is 1.66. The second-order valence-electron chi connectivity index (χ2n) is 5.75. The number of aromatic nitrogens is 1. The molecule has 6 heteroatoms. The van der Waals surface area contributed by atoms with Gasteiger partial charge in [-0.05, 0) is 30.5 Å². The number of pyridine rings is 1. The van der Waals surface area contributed by atoms with Crippen molar-refractivity contribution in [2.75, 3.05) is 31.1 Å². The van der Waals surface area contributed by atoms with E-state index in [-0.39, 0.29) is 17.9 Å². The van der Waals surface area contributed by atoms with Gasteiger partial charge in [0.1, 0.15) is 6.04 Å². The second-order valence-corrected chi connectivity index (χ2v) is 6.97. The molecule has 122 valence electrons. The highest BCUT2D eigenvalue weighted by atomic mass is 32.2. The summed E-state index contributed by atoms with van der Waals surface area (Å²) in [4.78, 5) is 32.8. The number of amides is 2. The molecule has 0 N–H and O–H groups in total. The zero-order valence-corrected chi connectivity index (χ0v) is 13.9. The van der Waals surface area contributed by atoms with Crippen LogP contribution in [0.25, 0.3) is 6.08 Å². The number of carbonyl (C=O) groups is 2. The number of hydrogen-bond donors (Lipinski definition) is 0. The summed E-state index contributed by atoms with van der Waals surface area (Å²) in [6.45, 7) is 2.26. The maximum absolute atomic E-state index is 12.7. The van der Waals surface area contributed by atoms with E-state index in [1.54, 1.807) is 29.4 Å². The first-order valence-electron chi connectivity index (χ1n) is 8.01. The van der Waals surface area contributed by atoms with Gasteiger partial charge in [-0.1, -0.05) is 6.07 Å². The zero-order chi connectivity index (χ0) is 16.1. The van der Waals surface area contributed by atoms with Gasteiger partial charge in [-0.3, -0.25) is 14.6 Å². The third kappa shape index (κ3) is 3.93. The highest BCUT2D eigenvalue weighted by Crippen LogP contribution is 2.22. The maximum Gasteiger partial charge on any atom is 0.247 e. The number of carbonyl (C=O) groups excluding carboxylic acids is 2. The molecule has 0 radical (unpaired) electrons. The molecule has 0 spiro atoms. The lowest BCUT2D eigenvalue weighted by molar-refractivity contribution is -0.141. The van der Waals surface area contributed by atoms with Crippen LogP contribution in [0.2, 0.25) is 0 Å². The molecule has 2 amide bonds. The van der Waals surface area contributed by atoms with Crippen molar-refractivity contribution in [2.45, 2.75) is 18.9 Å². The molecule has 0 bridgehead atoms. The van der Waals surface area contributed by atoms with E-state index in [4.69, 9.17) is 0 Å². The average Bonchev–Trinajstić information content (AvgIpc) is 3.10. The van der Waals surface area contributed by atoms with Crippen molar-refractivity contribution < 1.29 is 9.59 Å². The van der Waals surface area contributed by atoms with Crippen LogP contribution in [-0.2, 0) is 9.59 Å². The number of rotatable bonds is 3. The van der Waals surface area contributed by atoms with Gasteiger partial charge in [-0.2, -0.15) is 11.8 Å². The first kappa shape index (κ1) is 16.1. The van der Waals surface area contributed by atoms with Crippen LogP contribution in [0.4, 0.5) is 0 Å². The molecule has 3 heterocycles. The van der Waals surface area contributed by atoms with Crippen molar-refractivity contribution in [3.8, 4) is 0 Å². The van der Waals surface area contributed by atoms with Crippen molar-refractivity contribution in [2.24, 2.45) is 0 Å². The summed E-state index contributed by atoms with van der Waals surface area (Å²) in [5.74, 6) is 2.02. The van der Waals surface area contributed by atoms with Gasteiger partial charge in [-0.25, -0.2) is 0 Å². The Morgan fingerprint density at radius 1 is 1.26 bits per heavy atom. The lowest BCUT2D eigenvalue weighted by atomic mass is 10.2. The minimum atomic E-state index is -0.288. The van der Waals surface area contributed by atoms with Crippen LogP contribution in [0.3, 0.4) is 0 Å². The summed E-state index contributed by atoms with van der Waals surface area (Å²) in [7, 11) is 0. The monoisotopic (exact) mass is 331 g/mol. The molecule has 3 rings (SSSR count). The molecule has 0 saturated carbocycles. The standard InChI is InChI=1S/C17H21N3O2S/c21-16(6-5-14-3-1-7-18-13-14)20-8-2-4-15(20)17(22)19-9-11-23-12-10-19/h1,3,5-7,13,15H,2,4,8-12H2. The quantitative estimate of drug-likeness (QED) is 0.791. The fourth-order valence-electron chi connectivity index (χ4n) is 3.02. The van der Waals surface area contributed by atoms with Crippen LogP contribution in [0.15, 0.2) is 30.6 Å². The molecule has 2 fully saturated rings. The molecule has 2 aliphatic heterocycles. The van der Waals surface area contributed by atoms with Crippen molar-refractivity contribution in [3.05, 3.63) is 36.2 Å². The molecule has 2 saturated heterocycles. The Hall–Kier alpha value is -1.82. The predicted molar refractivity (Wildman–Crippen MR) is 91.9 cm³/mol. The minimum Gasteiger partial charge on any atom is -0.339 e. The number of hydrogen-bond acceptors (Lipinski definition) is 4. The third-order valence-corrected chi connectivity index (χ3v) is 5.19. The van der Waals surface area contributed by atoms with Gasteiger partial charge in [-0.15, -0.1) is 0 Å². The molecule has 5 nitrogen and oxygen atoms in total. The average molecular weight is 331 g/mol. The maximum atomic E-state index is 12.7. The SMILES string of the molecule is O=C(C1CCCN1C(=O)C=Cc1cccnc1)N1CCSCC1. The Kier molecular flexibility index (Phi) is 5.33. The van der Waals surface area contributed by atoms with Crippen molar-refractivity contribution in [3.63, 3.8) is 0 Å². The first-order valence-corrected chi connectivity index (χ1v) is 9.16. The molecular formula is C17H21N3O2S. The second kappa shape index (κ2) is 7.64. The Labute approximate surface area is 140 Å². The van der Waals surface area contributed by atoms with Gasteiger partial charge in [0.2, 0.25) is 11.8 Å². The van der Waals surface area contributed by atoms with E-state index in [0.717, 1.165) is 43.0 Å². The highest BCUT2D eigenvalue weighted by molar-refractivity contribution is 7.99. The van der Waals surface area contributed by atoms with Gasteiger partial charge >= 0.3 is 0 Å². The van der Waals surface area contributed by atoms with E-state index in [1.807, 2.05) is 28.8 Å². The minimum absolute atomic E-state index is 0.0870. The number of likely N-dealkylation sites (tertiary alicyclic amines) is 1. The number of thioether (sulfide) groups is 1. The summed E-state index contributed by atoms with van der Waals surface area (Å²) >= 11 is 1.88. The van der Waals surface area contributed by atoms with Crippen LogP contribution in [-0.4, -0.2) is 63.8 Å². The fraction of sp³-hybridized carbons (Fsp3) is 0.471. The molecule has 1 atom stereocenters. The fourth-order valence-corrected chi connectivity index (χ4v) is 3.92. The lowest BCUT2D eigenvalue weighted by Crippen LogP contribution is -2.49. The van der Waals surface area contributed by atoms with Crippen LogP contribution < -0.4 is 0 Å². The van der Waals surface area contributed by atoms with Gasteiger partial charge in [0, 0.05) is 49.6 Å². The Bertz CT molecular complexity index is 585. The Morgan fingerprint density at radius 2 is 2.09 bits per heavy atom. The Morgan fingerprint density at radius 3 is 2.83 bits per heavy atom. The third-order valence-electron chi connectivity index (χ3n) is 4.25. The van der Waals surface area contributed by atoms with E-state index >= 15 is 0 Å². The van der Waals surface area contributed by atoms with E-state index < -0.39 is 0 Å². The summed E-state index contributed by atoms with van der Waals surface area (Å²) < 4.78 is 0. The first-order chi connectivity index (χ1) is 11.3. The van der Waals surface area contributed by atoms with Crippen molar-refractivity contribution >= 4 is 29.7 Å². The highest BCUT2D eigenvalue weighted by Gasteiger charge is 2.35. The van der Waals surface area contributed by atoms with E-state index in [0.29, 0.717) is 6.54 Å². The van der Waals surface area contributed by atoms with Gasteiger partial charge < -0.3 is 9.80 Å². The summed E-state index contributed by atoms with van der Waals surface area (Å²) in [5.41, 5.74) is 0.885. The normalized spacial score (nSPS) is 21.8. The Balaban J connectivity index is 1.64. The van der Waals surface area contributed by atoms with E-state index in [1.165, 1.54) is 0 Å². The topological polar surface area (TPSA) is 53.5 Å². The van der Waals surface area contributed by atoms with Gasteiger partial charge in [0.25, 0.3) is 0 Å².